The van der Waals surface area contributed by atoms with Crippen LogP contribution in [-0.2, 0) is 18.9 Å². The molecule has 0 aromatic heterocycles. The summed E-state index contributed by atoms with van der Waals surface area (Å²) >= 11 is 0. The van der Waals surface area contributed by atoms with Crippen LogP contribution in [0.1, 0.15) is 71.1 Å². The van der Waals surface area contributed by atoms with Crippen LogP contribution in [0.4, 0.5) is 0 Å². The normalized spacial score (nSPS) is 48.6. The minimum absolute atomic E-state index is 0.0454. The smallest absolute Gasteiger partial charge is 0.169 e. The zero-order valence-corrected chi connectivity index (χ0v) is 15.1. The van der Waals surface area contributed by atoms with Crippen molar-refractivity contribution in [2.45, 2.75) is 113 Å². The Hall–Kier alpha value is -0.670. The average molecular weight is 347 g/mol. The van der Waals surface area contributed by atoms with Crippen LogP contribution in [0.5, 0.6) is 0 Å². The predicted octanol–water partition coefficient (Wildman–Crippen LogP) is 3.46. The summed E-state index contributed by atoms with van der Waals surface area (Å²) in [4.78, 5) is 0. The molecule has 5 aliphatic rings. The summed E-state index contributed by atoms with van der Waals surface area (Å²) in [5.74, 6) is -0.305. The van der Waals surface area contributed by atoms with Gasteiger partial charge in [-0.05, 0) is 39.0 Å². The van der Waals surface area contributed by atoms with Gasteiger partial charge < -0.3 is 18.9 Å². The molecule has 5 rings (SSSR count). The van der Waals surface area contributed by atoms with Crippen LogP contribution in [-0.4, -0.2) is 41.9 Å². The molecular formula is C20H29NO4. The third-order valence-corrected chi connectivity index (χ3v) is 7.07. The van der Waals surface area contributed by atoms with Crippen LogP contribution < -0.4 is 0 Å². The van der Waals surface area contributed by atoms with E-state index in [2.05, 4.69) is 6.07 Å². The third-order valence-electron chi connectivity index (χ3n) is 7.07. The van der Waals surface area contributed by atoms with E-state index in [-0.39, 0.29) is 47.8 Å². The summed E-state index contributed by atoms with van der Waals surface area (Å²) in [6.45, 7) is 1.98. The molecule has 0 aromatic rings. The standard InChI is InChI=1S/C20H29NO4/c1-13(12-21)9-14-5-6-17-19(23-14)10-15(22-17)18-16(11-19)24-20(25-18)7-3-2-4-8-20/h13-18H,2-11H2,1H3/t13?,14?,15-,16?,17?,18+,19?/m1/s1. The third kappa shape index (κ3) is 2.65. The number of nitriles is 1. The van der Waals surface area contributed by atoms with Gasteiger partial charge in [-0.2, -0.15) is 5.26 Å². The minimum atomic E-state index is -0.350. The fourth-order valence-corrected chi connectivity index (χ4v) is 5.94. The van der Waals surface area contributed by atoms with Gasteiger partial charge in [0.05, 0.1) is 36.1 Å². The lowest BCUT2D eigenvalue weighted by atomic mass is 9.76. The van der Waals surface area contributed by atoms with Gasteiger partial charge in [-0.3, -0.25) is 0 Å². The van der Waals surface area contributed by atoms with Crippen LogP contribution in [0.2, 0.25) is 0 Å². The maximum absolute atomic E-state index is 9.12. The van der Waals surface area contributed by atoms with Gasteiger partial charge in [-0.1, -0.05) is 6.42 Å². The van der Waals surface area contributed by atoms with Crippen LogP contribution >= 0.6 is 0 Å². The zero-order valence-electron chi connectivity index (χ0n) is 15.1. The molecule has 0 N–H and O–H groups in total. The molecule has 5 heteroatoms. The second-order valence-electron chi connectivity index (χ2n) is 8.93. The highest BCUT2D eigenvalue weighted by Gasteiger charge is 2.65. The average Bonchev–Trinajstić information content (AvgIpc) is 3.11. The Labute approximate surface area is 149 Å². The van der Waals surface area contributed by atoms with Gasteiger partial charge in [0.25, 0.3) is 0 Å². The number of hydrogen-bond donors (Lipinski definition) is 0. The van der Waals surface area contributed by atoms with Crippen molar-refractivity contribution in [3.8, 4) is 6.07 Å². The highest BCUT2D eigenvalue weighted by Crippen LogP contribution is 2.55. The molecule has 5 nitrogen and oxygen atoms in total. The Bertz CT molecular complexity index is 569. The van der Waals surface area contributed by atoms with Crippen molar-refractivity contribution in [1.29, 1.82) is 5.26 Å². The van der Waals surface area contributed by atoms with E-state index >= 15 is 0 Å². The topological polar surface area (TPSA) is 60.7 Å². The lowest BCUT2D eigenvalue weighted by Crippen LogP contribution is -2.53. The van der Waals surface area contributed by atoms with Gasteiger partial charge in [-0.15, -0.1) is 0 Å². The highest BCUT2D eigenvalue weighted by atomic mass is 16.8. The maximum atomic E-state index is 9.12. The summed E-state index contributed by atoms with van der Waals surface area (Å²) in [5, 5.41) is 9.12. The van der Waals surface area contributed by atoms with E-state index in [1.165, 1.54) is 19.3 Å². The van der Waals surface area contributed by atoms with Crippen LogP contribution in [0.25, 0.3) is 0 Å². The first kappa shape index (κ1) is 16.5. The predicted molar refractivity (Wildman–Crippen MR) is 89.7 cm³/mol. The molecule has 0 aromatic carbocycles. The van der Waals surface area contributed by atoms with E-state index in [0.717, 1.165) is 44.9 Å². The summed E-state index contributed by atoms with van der Waals surface area (Å²) in [5.41, 5.74) is -0.215. The SMILES string of the molecule is CC(C#N)CC1CCC2O[C@@H]3CC2(CC2OC4(CCCCC4)O[C@H]23)O1. The van der Waals surface area contributed by atoms with E-state index in [1.54, 1.807) is 0 Å². The summed E-state index contributed by atoms with van der Waals surface area (Å²) in [7, 11) is 0. The second-order valence-corrected chi connectivity index (χ2v) is 8.93. The van der Waals surface area contributed by atoms with Crippen molar-refractivity contribution < 1.29 is 18.9 Å². The summed E-state index contributed by atoms with van der Waals surface area (Å²) in [6.07, 6.45) is 11.0. The number of rotatable bonds is 2. The first-order valence-electron chi connectivity index (χ1n) is 10.2. The number of ether oxygens (including phenoxy) is 4. The molecule has 138 valence electrons. The highest BCUT2D eigenvalue weighted by molar-refractivity contribution is 5.12. The van der Waals surface area contributed by atoms with E-state index in [9.17, 15) is 0 Å². The Kier molecular flexibility index (Phi) is 3.91. The molecule has 0 amide bonds. The summed E-state index contributed by atoms with van der Waals surface area (Å²) in [6, 6.07) is 2.35. The molecular weight excluding hydrogens is 318 g/mol. The fraction of sp³-hybridized carbons (Fsp3) is 0.950. The number of fused-ring (bicyclic) bond motifs is 3. The van der Waals surface area contributed by atoms with Gasteiger partial charge in [0.15, 0.2) is 5.79 Å². The lowest BCUT2D eigenvalue weighted by Gasteiger charge is -2.44. The van der Waals surface area contributed by atoms with Gasteiger partial charge in [0.1, 0.15) is 6.10 Å². The first-order valence-corrected chi connectivity index (χ1v) is 10.2. The molecule has 2 saturated carbocycles. The first-order chi connectivity index (χ1) is 12.1. The molecule has 3 saturated heterocycles. The molecule has 2 aliphatic carbocycles. The number of hydrogen-bond acceptors (Lipinski definition) is 5. The van der Waals surface area contributed by atoms with Gasteiger partial charge >= 0.3 is 0 Å². The quantitative estimate of drug-likeness (QED) is 0.765. The Morgan fingerprint density at radius 1 is 1.04 bits per heavy atom. The number of nitrogens with zero attached hydrogens (tertiary/aromatic N) is 1. The van der Waals surface area contributed by atoms with Crippen LogP contribution in [0.3, 0.4) is 0 Å². The van der Waals surface area contributed by atoms with Gasteiger partial charge in [0, 0.05) is 31.6 Å². The van der Waals surface area contributed by atoms with E-state index in [1.807, 2.05) is 6.92 Å². The Morgan fingerprint density at radius 2 is 1.84 bits per heavy atom. The maximum Gasteiger partial charge on any atom is 0.169 e. The molecule has 5 fully saturated rings. The van der Waals surface area contributed by atoms with Gasteiger partial charge in [-0.25, -0.2) is 0 Å². The molecule has 25 heavy (non-hydrogen) atoms. The lowest BCUT2D eigenvalue weighted by molar-refractivity contribution is -0.216. The van der Waals surface area contributed by atoms with E-state index in [4.69, 9.17) is 24.2 Å². The molecule has 3 heterocycles. The van der Waals surface area contributed by atoms with E-state index < -0.39 is 0 Å². The molecule has 7 atom stereocenters. The Morgan fingerprint density at radius 3 is 2.64 bits per heavy atom. The second kappa shape index (κ2) is 5.92. The minimum Gasteiger partial charge on any atom is -0.369 e. The van der Waals surface area contributed by atoms with Crippen molar-refractivity contribution in [3.05, 3.63) is 0 Å². The van der Waals surface area contributed by atoms with Crippen LogP contribution in [0, 0.1) is 17.2 Å². The van der Waals surface area contributed by atoms with Crippen molar-refractivity contribution in [3.63, 3.8) is 0 Å². The van der Waals surface area contributed by atoms with Crippen LogP contribution in [0.15, 0.2) is 0 Å². The fourth-order valence-electron chi connectivity index (χ4n) is 5.94. The summed E-state index contributed by atoms with van der Waals surface area (Å²) < 4.78 is 26.0. The molecule has 0 radical (unpaired) electrons. The molecule has 5 unspecified atom stereocenters. The zero-order chi connectivity index (χ0) is 17.1. The van der Waals surface area contributed by atoms with Crippen molar-refractivity contribution >= 4 is 0 Å². The van der Waals surface area contributed by atoms with Gasteiger partial charge in [0.2, 0.25) is 0 Å². The van der Waals surface area contributed by atoms with Crippen molar-refractivity contribution in [2.24, 2.45) is 5.92 Å². The van der Waals surface area contributed by atoms with Crippen molar-refractivity contribution in [2.75, 3.05) is 0 Å². The molecule has 2 spiro atoms. The van der Waals surface area contributed by atoms with E-state index in [0.29, 0.717) is 0 Å². The largest absolute Gasteiger partial charge is 0.369 e. The molecule has 3 aliphatic heterocycles. The molecule has 2 bridgehead atoms. The monoisotopic (exact) mass is 347 g/mol. The Balaban J connectivity index is 1.33. The van der Waals surface area contributed by atoms with Crippen molar-refractivity contribution in [1.82, 2.24) is 0 Å².